The molecule has 0 spiro atoms. The van der Waals surface area contributed by atoms with Gasteiger partial charge in [0, 0.05) is 6.42 Å². The number of hydrogen-bond acceptors (Lipinski definition) is 0. The van der Waals surface area contributed by atoms with Gasteiger partial charge in [-0.05, 0) is 21.6 Å². The number of rotatable bonds is 0. The lowest BCUT2D eigenvalue weighted by Gasteiger charge is -2.00. The largest absolute Gasteiger partial charge is 0.0754 e. The Bertz CT molecular complexity index is 735. The summed E-state index contributed by atoms with van der Waals surface area (Å²) in [5.74, 6) is 0. The van der Waals surface area contributed by atoms with Crippen molar-refractivity contribution in [1.82, 2.24) is 0 Å². The van der Waals surface area contributed by atoms with Gasteiger partial charge >= 0.3 is 0 Å². The van der Waals surface area contributed by atoms with E-state index in [1.54, 1.807) is 0 Å². The minimum Gasteiger partial charge on any atom is -0.0754 e. The number of benzene rings is 1. The highest BCUT2D eigenvalue weighted by atomic mass is 14.1. The van der Waals surface area contributed by atoms with E-state index in [4.69, 9.17) is 0 Å². The monoisotopic (exact) mass is 243 g/mol. The second kappa shape index (κ2) is 5.53. The Morgan fingerprint density at radius 2 is 1.26 bits per heavy atom. The summed E-state index contributed by atoms with van der Waals surface area (Å²) in [5.41, 5.74) is 2.60. The van der Waals surface area contributed by atoms with Crippen LogP contribution in [0.15, 0.2) is 66.8 Å². The molecule has 0 bridgehead atoms. The van der Waals surface area contributed by atoms with E-state index >= 15 is 0 Å². The molecule has 0 aromatic heterocycles. The molecule has 0 fully saturated rings. The van der Waals surface area contributed by atoms with Crippen molar-refractivity contribution in [3.05, 3.63) is 94.8 Å². The van der Waals surface area contributed by atoms with Crippen molar-refractivity contribution >= 4 is 18.2 Å². The molecule has 0 aliphatic heterocycles. The van der Waals surface area contributed by atoms with Crippen LogP contribution in [0.25, 0.3) is 18.2 Å². The lowest BCUT2D eigenvalue weighted by Crippen LogP contribution is -2.27. The fraction of sp³-hybridized carbons (Fsp3) is 0. The summed E-state index contributed by atoms with van der Waals surface area (Å²) in [6.07, 6.45) is 27.2. The third kappa shape index (κ3) is 2.58. The summed E-state index contributed by atoms with van der Waals surface area (Å²) < 4.78 is 0. The molecule has 0 amide bonds. The summed E-state index contributed by atoms with van der Waals surface area (Å²) in [4.78, 5) is 0. The maximum absolute atomic E-state index is 2.18. The second-order valence-corrected chi connectivity index (χ2v) is 4.47. The Labute approximate surface area is 113 Å². The molecule has 1 aromatic rings. The highest BCUT2D eigenvalue weighted by molar-refractivity contribution is 5.68. The average Bonchev–Trinajstić information content (AvgIpc) is 2.88. The minimum absolute atomic E-state index is 1.25. The predicted octanol–water partition coefficient (Wildman–Crippen LogP) is 3.07. The molecule has 0 heterocycles. The number of hydrogen-bond donors (Lipinski definition) is 0. The molecule has 1 radical (unpaired) electrons. The molecule has 0 N–H and O–H groups in total. The van der Waals surface area contributed by atoms with E-state index in [2.05, 4.69) is 67.2 Å². The van der Waals surface area contributed by atoms with Crippen LogP contribution < -0.4 is 10.4 Å². The lowest BCUT2D eigenvalue weighted by molar-refractivity contribution is 1.44. The summed E-state index contributed by atoms with van der Waals surface area (Å²) >= 11 is 0. The second-order valence-electron chi connectivity index (χ2n) is 4.47. The topological polar surface area (TPSA) is 0 Å². The Hall–Kier alpha value is -2.34. The number of allylic oxidation sites excluding steroid dienone is 9. The van der Waals surface area contributed by atoms with Crippen molar-refractivity contribution in [3.63, 3.8) is 0 Å². The molecule has 0 nitrogen and oxygen atoms in total. The summed E-state index contributed by atoms with van der Waals surface area (Å²) in [7, 11) is 0. The van der Waals surface area contributed by atoms with Gasteiger partial charge in [0.15, 0.2) is 0 Å². The summed E-state index contributed by atoms with van der Waals surface area (Å²) in [6, 6.07) is 4.36. The van der Waals surface area contributed by atoms with Crippen LogP contribution in [0.3, 0.4) is 0 Å². The van der Waals surface area contributed by atoms with E-state index in [-0.39, 0.29) is 0 Å². The number of fused-ring (bicyclic) bond motifs is 3. The molecule has 91 valence electrons. The molecular weight excluding hydrogens is 228 g/mol. The molecule has 3 rings (SSSR count). The normalized spacial score (nSPS) is 26.3. The third-order valence-electron chi connectivity index (χ3n) is 3.21. The summed E-state index contributed by atoms with van der Waals surface area (Å²) in [5, 5.41) is 2.53. The fourth-order valence-electron chi connectivity index (χ4n) is 2.28. The first-order valence-electron chi connectivity index (χ1n) is 6.48. The maximum atomic E-state index is 2.18. The van der Waals surface area contributed by atoms with E-state index in [0.717, 1.165) is 0 Å². The summed E-state index contributed by atoms with van der Waals surface area (Å²) in [6.45, 7) is 0. The van der Waals surface area contributed by atoms with Crippen molar-refractivity contribution < 1.29 is 0 Å². The van der Waals surface area contributed by atoms with Gasteiger partial charge in [-0.15, -0.1) is 0 Å². The van der Waals surface area contributed by atoms with Crippen molar-refractivity contribution in [1.29, 1.82) is 0 Å². The van der Waals surface area contributed by atoms with Gasteiger partial charge in [-0.2, -0.15) is 0 Å². The van der Waals surface area contributed by atoms with Crippen LogP contribution in [0.4, 0.5) is 0 Å². The zero-order chi connectivity index (χ0) is 12.9. The zero-order valence-corrected chi connectivity index (χ0v) is 10.7. The van der Waals surface area contributed by atoms with Gasteiger partial charge in [-0.25, -0.2) is 0 Å². The van der Waals surface area contributed by atoms with Crippen molar-refractivity contribution in [3.8, 4) is 0 Å². The van der Waals surface area contributed by atoms with E-state index < -0.39 is 0 Å². The first-order valence-corrected chi connectivity index (χ1v) is 6.48. The standard InChI is InChI=1S/C19H15/c1-2-4-6-8-12-18-16(10-7-5-3-1)14-15-17-11-9-13-19(17)18/h1-15H/b2-1?,3-1-,4-2-,5-3?,6-4?,7-5-,8-6-,10-7?,12-8?,16-10-,18-12+. The van der Waals surface area contributed by atoms with Crippen LogP contribution in [-0.4, -0.2) is 0 Å². The Balaban J connectivity index is 2.26. The zero-order valence-electron chi connectivity index (χ0n) is 10.7. The average molecular weight is 243 g/mol. The van der Waals surface area contributed by atoms with E-state index in [1.165, 1.54) is 21.6 Å². The van der Waals surface area contributed by atoms with E-state index in [9.17, 15) is 0 Å². The van der Waals surface area contributed by atoms with E-state index in [1.807, 2.05) is 24.3 Å². The van der Waals surface area contributed by atoms with Gasteiger partial charge in [0.05, 0.1) is 0 Å². The Morgan fingerprint density at radius 1 is 0.579 bits per heavy atom. The van der Waals surface area contributed by atoms with Crippen molar-refractivity contribution in [2.75, 3.05) is 0 Å². The van der Waals surface area contributed by atoms with Crippen LogP contribution in [0.2, 0.25) is 0 Å². The van der Waals surface area contributed by atoms with Gasteiger partial charge in [0.2, 0.25) is 0 Å². The smallest absolute Gasteiger partial charge is 0.0131 e. The van der Waals surface area contributed by atoms with Gasteiger partial charge in [0.25, 0.3) is 0 Å². The van der Waals surface area contributed by atoms with Crippen LogP contribution in [0.5, 0.6) is 0 Å². The molecule has 1 aromatic carbocycles. The molecule has 19 heavy (non-hydrogen) atoms. The first kappa shape index (κ1) is 11.7. The van der Waals surface area contributed by atoms with Gasteiger partial charge < -0.3 is 0 Å². The molecule has 2 aliphatic carbocycles. The predicted molar refractivity (Wildman–Crippen MR) is 83.6 cm³/mol. The molecule has 0 unspecified atom stereocenters. The van der Waals surface area contributed by atoms with Gasteiger partial charge in [-0.3, -0.25) is 0 Å². The van der Waals surface area contributed by atoms with Crippen molar-refractivity contribution in [2.24, 2.45) is 0 Å². The van der Waals surface area contributed by atoms with Crippen molar-refractivity contribution in [2.45, 2.75) is 0 Å². The van der Waals surface area contributed by atoms with E-state index in [0.29, 0.717) is 0 Å². The SMILES string of the molecule is [CH]1C=Cc2c1ccc1/c2=C\C=C/C=C\C=C/C=C\C=1. The molecule has 0 saturated heterocycles. The molecule has 0 atom stereocenters. The maximum Gasteiger partial charge on any atom is 0.0131 e. The first-order chi connectivity index (χ1) is 9.45. The van der Waals surface area contributed by atoms with Gasteiger partial charge in [-0.1, -0.05) is 85.0 Å². The van der Waals surface area contributed by atoms with Crippen LogP contribution in [-0.2, 0) is 0 Å². The fourth-order valence-corrected chi connectivity index (χ4v) is 2.28. The lowest BCUT2D eigenvalue weighted by atomic mass is 10.0. The molecular formula is C19H15. The van der Waals surface area contributed by atoms with Crippen LogP contribution >= 0.6 is 0 Å². The van der Waals surface area contributed by atoms with Gasteiger partial charge in [0.1, 0.15) is 0 Å². The third-order valence-corrected chi connectivity index (χ3v) is 3.21. The Kier molecular flexibility index (Phi) is 3.42. The Morgan fingerprint density at radius 3 is 2.05 bits per heavy atom. The molecule has 0 heteroatoms. The highest BCUT2D eigenvalue weighted by Crippen LogP contribution is 2.15. The highest BCUT2D eigenvalue weighted by Gasteiger charge is 2.05. The van der Waals surface area contributed by atoms with Crippen LogP contribution in [0.1, 0.15) is 11.1 Å². The quantitative estimate of drug-likeness (QED) is 0.657. The minimum atomic E-state index is 1.25. The van der Waals surface area contributed by atoms with Crippen LogP contribution in [0, 0.1) is 6.42 Å². The molecule has 0 saturated carbocycles. The molecule has 2 aliphatic rings.